The highest BCUT2D eigenvalue weighted by Crippen LogP contribution is 2.33. The van der Waals surface area contributed by atoms with Crippen molar-refractivity contribution in [2.45, 2.75) is 19.1 Å². The van der Waals surface area contributed by atoms with Crippen molar-refractivity contribution in [3.8, 4) is 0 Å². The summed E-state index contributed by atoms with van der Waals surface area (Å²) in [6, 6.07) is 5.92. The normalized spacial score (nSPS) is 14.8. The molecule has 1 aliphatic carbocycles. The van der Waals surface area contributed by atoms with Gasteiger partial charge in [-0.2, -0.15) is 0 Å². The summed E-state index contributed by atoms with van der Waals surface area (Å²) >= 11 is 1.90. The van der Waals surface area contributed by atoms with Crippen molar-refractivity contribution in [1.29, 1.82) is 0 Å². The number of amides is 1. The minimum Gasteiger partial charge on any atom is -0.366 e. The molecule has 1 aliphatic rings. The minimum absolute atomic E-state index is 0.0567. The molecule has 1 saturated carbocycles. The third kappa shape index (κ3) is 4.27. The number of hydroxylamine groups is 1. The highest BCUT2D eigenvalue weighted by atomic mass is 127. The van der Waals surface area contributed by atoms with Crippen LogP contribution in [0.3, 0.4) is 0 Å². The van der Waals surface area contributed by atoms with E-state index in [9.17, 15) is 23.1 Å². The van der Waals surface area contributed by atoms with E-state index in [-0.39, 0.29) is 17.2 Å². The topological polar surface area (TPSA) is 70.6 Å². The Labute approximate surface area is 160 Å². The number of benzene rings is 2. The Morgan fingerprint density at radius 1 is 1.19 bits per heavy atom. The number of aliphatic hydroxyl groups is 1. The fourth-order valence-electron chi connectivity index (χ4n) is 2.23. The van der Waals surface area contributed by atoms with Crippen LogP contribution in [0.4, 0.5) is 24.5 Å². The van der Waals surface area contributed by atoms with Gasteiger partial charge >= 0.3 is 0 Å². The SMILES string of the molecule is O=C(NOC(O)C1CC1)c1ccc(F)c(F)c1Nc1ccc(I)cc1F. The summed E-state index contributed by atoms with van der Waals surface area (Å²) < 4.78 is 42.5. The van der Waals surface area contributed by atoms with E-state index in [0.29, 0.717) is 3.57 Å². The molecule has 0 radical (unpaired) electrons. The van der Waals surface area contributed by atoms with E-state index in [1.165, 1.54) is 12.1 Å². The number of aliphatic hydroxyl groups excluding tert-OH is 1. The van der Waals surface area contributed by atoms with Gasteiger partial charge in [0.15, 0.2) is 17.9 Å². The number of hydrogen-bond acceptors (Lipinski definition) is 4. The Morgan fingerprint density at radius 3 is 2.58 bits per heavy atom. The Bertz CT molecular complexity index is 846. The zero-order chi connectivity index (χ0) is 18.8. The molecule has 0 aliphatic heterocycles. The number of carbonyl (C=O) groups is 1. The number of nitrogens with one attached hydrogen (secondary N) is 2. The third-order valence-electron chi connectivity index (χ3n) is 3.83. The van der Waals surface area contributed by atoms with E-state index in [1.807, 2.05) is 28.1 Å². The molecule has 0 aromatic heterocycles. The lowest BCUT2D eigenvalue weighted by molar-refractivity contribution is -0.145. The lowest BCUT2D eigenvalue weighted by Crippen LogP contribution is -2.31. The average molecular weight is 478 g/mol. The Kier molecular flexibility index (Phi) is 5.68. The first kappa shape index (κ1) is 18.9. The molecule has 5 nitrogen and oxygen atoms in total. The Morgan fingerprint density at radius 2 is 1.92 bits per heavy atom. The van der Waals surface area contributed by atoms with E-state index < -0.39 is 35.3 Å². The van der Waals surface area contributed by atoms with Crippen molar-refractivity contribution >= 4 is 39.9 Å². The van der Waals surface area contributed by atoms with Gasteiger partial charge in [-0.25, -0.2) is 23.5 Å². The summed E-state index contributed by atoms with van der Waals surface area (Å²) in [4.78, 5) is 17.1. The van der Waals surface area contributed by atoms with Gasteiger partial charge in [-0.15, -0.1) is 0 Å². The molecule has 0 spiro atoms. The van der Waals surface area contributed by atoms with Crippen molar-refractivity contribution < 1.29 is 27.9 Å². The lowest BCUT2D eigenvalue weighted by atomic mass is 10.1. The first-order chi connectivity index (χ1) is 12.4. The largest absolute Gasteiger partial charge is 0.366 e. The summed E-state index contributed by atoms with van der Waals surface area (Å²) in [6.07, 6.45) is 0.386. The average Bonchev–Trinajstić information content (AvgIpc) is 3.44. The van der Waals surface area contributed by atoms with Crippen LogP contribution < -0.4 is 10.8 Å². The van der Waals surface area contributed by atoms with Crippen LogP contribution in [-0.2, 0) is 4.84 Å². The van der Waals surface area contributed by atoms with E-state index in [2.05, 4.69) is 5.32 Å². The monoisotopic (exact) mass is 478 g/mol. The summed E-state index contributed by atoms with van der Waals surface area (Å²) in [6.45, 7) is 0. The van der Waals surface area contributed by atoms with Crippen LogP contribution in [0.1, 0.15) is 23.2 Å². The van der Waals surface area contributed by atoms with Gasteiger partial charge in [0, 0.05) is 9.49 Å². The van der Waals surface area contributed by atoms with E-state index in [4.69, 9.17) is 4.84 Å². The third-order valence-corrected chi connectivity index (χ3v) is 4.50. The van der Waals surface area contributed by atoms with Crippen LogP contribution in [0, 0.1) is 26.9 Å². The highest BCUT2D eigenvalue weighted by molar-refractivity contribution is 14.1. The quantitative estimate of drug-likeness (QED) is 0.336. The van der Waals surface area contributed by atoms with Gasteiger partial charge in [-0.3, -0.25) is 4.79 Å². The summed E-state index contributed by atoms with van der Waals surface area (Å²) in [5.74, 6) is -4.18. The fraction of sp³-hybridized carbons (Fsp3) is 0.235. The molecule has 1 unspecified atom stereocenters. The lowest BCUT2D eigenvalue weighted by Gasteiger charge is -2.15. The molecule has 138 valence electrons. The maximum Gasteiger partial charge on any atom is 0.277 e. The summed E-state index contributed by atoms with van der Waals surface area (Å²) in [5, 5.41) is 12.0. The van der Waals surface area contributed by atoms with Gasteiger partial charge in [-0.05, 0) is 65.8 Å². The van der Waals surface area contributed by atoms with Gasteiger partial charge < -0.3 is 10.4 Å². The van der Waals surface area contributed by atoms with Crippen LogP contribution in [-0.4, -0.2) is 17.3 Å². The molecule has 1 fully saturated rings. The van der Waals surface area contributed by atoms with E-state index in [1.54, 1.807) is 6.07 Å². The van der Waals surface area contributed by atoms with Crippen molar-refractivity contribution in [3.63, 3.8) is 0 Å². The van der Waals surface area contributed by atoms with Crippen molar-refractivity contribution in [2.24, 2.45) is 5.92 Å². The highest BCUT2D eigenvalue weighted by Gasteiger charge is 2.31. The van der Waals surface area contributed by atoms with Gasteiger partial charge in [-0.1, -0.05) is 0 Å². The van der Waals surface area contributed by atoms with Crippen molar-refractivity contribution in [3.05, 3.63) is 56.9 Å². The van der Waals surface area contributed by atoms with Crippen LogP contribution in [0.5, 0.6) is 0 Å². The predicted molar refractivity (Wildman–Crippen MR) is 96.0 cm³/mol. The Balaban J connectivity index is 1.85. The predicted octanol–water partition coefficient (Wildman–Crippen LogP) is 3.84. The first-order valence-corrected chi connectivity index (χ1v) is 8.79. The van der Waals surface area contributed by atoms with Crippen LogP contribution in [0.2, 0.25) is 0 Å². The van der Waals surface area contributed by atoms with Crippen LogP contribution >= 0.6 is 22.6 Å². The molecular weight excluding hydrogens is 464 g/mol. The molecule has 3 rings (SSSR count). The zero-order valence-electron chi connectivity index (χ0n) is 13.2. The number of anilines is 2. The van der Waals surface area contributed by atoms with Crippen molar-refractivity contribution in [2.75, 3.05) is 5.32 Å². The second-order valence-electron chi connectivity index (χ2n) is 5.81. The molecule has 9 heteroatoms. The summed E-state index contributed by atoms with van der Waals surface area (Å²) in [7, 11) is 0. The smallest absolute Gasteiger partial charge is 0.277 e. The zero-order valence-corrected chi connectivity index (χ0v) is 15.4. The fourth-order valence-corrected chi connectivity index (χ4v) is 2.69. The molecule has 1 atom stereocenters. The molecule has 2 aromatic rings. The number of carbonyl (C=O) groups excluding carboxylic acids is 1. The number of rotatable bonds is 6. The standard InChI is InChI=1S/C17H14F3IN2O3/c18-11-5-4-10(16(24)23-26-17(25)8-1-2-8)15(14(11)20)22-13-6-3-9(21)7-12(13)19/h3-8,17,22,25H,1-2H2,(H,23,24). The molecule has 26 heavy (non-hydrogen) atoms. The molecule has 1 amide bonds. The van der Waals surface area contributed by atoms with Gasteiger partial charge in [0.2, 0.25) is 0 Å². The molecule has 0 bridgehead atoms. The molecule has 3 N–H and O–H groups in total. The van der Waals surface area contributed by atoms with Gasteiger partial charge in [0.1, 0.15) is 5.82 Å². The summed E-state index contributed by atoms with van der Waals surface area (Å²) in [5.41, 5.74) is 1.05. The van der Waals surface area contributed by atoms with Gasteiger partial charge in [0.25, 0.3) is 5.91 Å². The molecule has 0 saturated heterocycles. The molecular formula is C17H14F3IN2O3. The second kappa shape index (κ2) is 7.80. The van der Waals surface area contributed by atoms with Crippen LogP contribution in [0.25, 0.3) is 0 Å². The molecule has 2 aromatic carbocycles. The van der Waals surface area contributed by atoms with Crippen molar-refractivity contribution in [1.82, 2.24) is 5.48 Å². The molecule has 0 heterocycles. The Hall–Kier alpha value is -1.85. The minimum atomic E-state index is -1.33. The second-order valence-corrected chi connectivity index (χ2v) is 7.06. The number of halogens is 4. The number of hydrogen-bond donors (Lipinski definition) is 3. The first-order valence-electron chi connectivity index (χ1n) is 7.71. The van der Waals surface area contributed by atoms with Gasteiger partial charge in [0.05, 0.1) is 16.9 Å². The van der Waals surface area contributed by atoms with E-state index >= 15 is 0 Å². The maximum atomic E-state index is 14.2. The van der Waals surface area contributed by atoms with Crippen LogP contribution in [0.15, 0.2) is 30.3 Å². The van der Waals surface area contributed by atoms with E-state index in [0.717, 1.165) is 25.0 Å². The maximum absolute atomic E-state index is 14.2.